The summed E-state index contributed by atoms with van der Waals surface area (Å²) in [5.41, 5.74) is 3.23. The lowest BCUT2D eigenvalue weighted by molar-refractivity contribution is 0.741. The highest BCUT2D eigenvalue weighted by Crippen LogP contribution is 2.55. The van der Waals surface area contributed by atoms with Crippen LogP contribution in [0, 0.1) is 0 Å². The molecule has 3 unspecified atom stereocenters. The second-order valence-electron chi connectivity index (χ2n) is 3.92. The quantitative estimate of drug-likeness (QED) is 0.591. The molecule has 0 saturated heterocycles. The zero-order valence-corrected chi connectivity index (χ0v) is 8.42. The van der Waals surface area contributed by atoms with Crippen LogP contribution >= 0.6 is 15.9 Å². The molecule has 0 N–H and O–H groups in total. The van der Waals surface area contributed by atoms with Crippen LogP contribution in [0.5, 0.6) is 0 Å². The van der Waals surface area contributed by atoms with Gasteiger partial charge in [0.2, 0.25) is 0 Å². The monoisotopic (exact) mass is 222 g/mol. The minimum Gasteiger partial charge on any atom is -0.0884 e. The SMILES string of the molecule is BrC1CC2CC1c1ccccc12. The van der Waals surface area contributed by atoms with Crippen molar-refractivity contribution in [2.45, 2.75) is 29.5 Å². The Kier molecular flexibility index (Phi) is 1.40. The van der Waals surface area contributed by atoms with Crippen molar-refractivity contribution in [3.8, 4) is 0 Å². The zero-order chi connectivity index (χ0) is 8.13. The minimum atomic E-state index is 0.748. The fourth-order valence-corrected chi connectivity index (χ4v) is 3.73. The minimum absolute atomic E-state index is 0.748. The molecule has 3 atom stereocenters. The third kappa shape index (κ3) is 0.779. The summed E-state index contributed by atoms with van der Waals surface area (Å²) < 4.78 is 0. The van der Waals surface area contributed by atoms with Gasteiger partial charge in [-0.2, -0.15) is 0 Å². The molecular formula is C11H11Br. The lowest BCUT2D eigenvalue weighted by atomic mass is 9.92. The molecule has 1 aromatic carbocycles. The van der Waals surface area contributed by atoms with Gasteiger partial charge in [-0.05, 0) is 35.8 Å². The van der Waals surface area contributed by atoms with Crippen molar-refractivity contribution in [2.75, 3.05) is 0 Å². The first kappa shape index (κ1) is 7.14. The van der Waals surface area contributed by atoms with Crippen LogP contribution in [0.3, 0.4) is 0 Å². The van der Waals surface area contributed by atoms with E-state index in [0.29, 0.717) is 0 Å². The Morgan fingerprint density at radius 3 is 2.67 bits per heavy atom. The first-order chi connectivity index (χ1) is 5.86. The van der Waals surface area contributed by atoms with Gasteiger partial charge >= 0.3 is 0 Å². The molecule has 0 radical (unpaired) electrons. The van der Waals surface area contributed by atoms with Gasteiger partial charge in [-0.25, -0.2) is 0 Å². The van der Waals surface area contributed by atoms with Gasteiger partial charge in [0, 0.05) is 4.83 Å². The Labute approximate surface area is 81.1 Å². The van der Waals surface area contributed by atoms with Gasteiger partial charge in [0.05, 0.1) is 0 Å². The second-order valence-corrected chi connectivity index (χ2v) is 5.10. The standard InChI is InChI=1S/C11H11Br/c12-11-6-7-5-10(11)9-4-2-1-3-8(7)9/h1-4,7,10-11H,5-6H2. The summed E-state index contributed by atoms with van der Waals surface area (Å²) in [7, 11) is 0. The molecule has 0 nitrogen and oxygen atoms in total. The van der Waals surface area contributed by atoms with E-state index in [-0.39, 0.29) is 0 Å². The van der Waals surface area contributed by atoms with Crippen molar-refractivity contribution in [3.05, 3.63) is 35.4 Å². The lowest BCUT2D eigenvalue weighted by Crippen LogP contribution is -2.08. The predicted octanol–water partition coefficient (Wildman–Crippen LogP) is 3.42. The van der Waals surface area contributed by atoms with Crippen LogP contribution in [-0.4, -0.2) is 4.83 Å². The summed E-state index contributed by atoms with van der Waals surface area (Å²) in [4.78, 5) is 0.748. The number of rotatable bonds is 0. The number of alkyl halides is 1. The molecule has 2 aliphatic rings. The molecule has 0 heterocycles. The zero-order valence-electron chi connectivity index (χ0n) is 6.83. The van der Waals surface area contributed by atoms with Crippen molar-refractivity contribution >= 4 is 15.9 Å². The lowest BCUT2D eigenvalue weighted by Gasteiger charge is -2.19. The first-order valence-electron chi connectivity index (χ1n) is 4.59. The number of hydrogen-bond acceptors (Lipinski definition) is 0. The van der Waals surface area contributed by atoms with E-state index in [9.17, 15) is 0 Å². The summed E-state index contributed by atoms with van der Waals surface area (Å²) in [6.07, 6.45) is 2.73. The van der Waals surface area contributed by atoms with Crippen molar-refractivity contribution in [1.82, 2.24) is 0 Å². The van der Waals surface area contributed by atoms with E-state index in [1.165, 1.54) is 12.8 Å². The highest BCUT2D eigenvalue weighted by atomic mass is 79.9. The maximum absolute atomic E-state index is 3.77. The Morgan fingerprint density at radius 1 is 1.08 bits per heavy atom. The average molecular weight is 223 g/mol. The van der Waals surface area contributed by atoms with Gasteiger partial charge < -0.3 is 0 Å². The topological polar surface area (TPSA) is 0 Å². The molecule has 0 amide bonds. The third-order valence-corrected chi connectivity index (χ3v) is 4.33. The summed E-state index contributed by atoms with van der Waals surface area (Å²) >= 11 is 3.77. The average Bonchev–Trinajstić information content (AvgIpc) is 2.62. The molecule has 3 rings (SSSR count). The van der Waals surface area contributed by atoms with Crippen LogP contribution in [0.2, 0.25) is 0 Å². The van der Waals surface area contributed by atoms with E-state index in [4.69, 9.17) is 0 Å². The van der Waals surface area contributed by atoms with E-state index in [2.05, 4.69) is 40.2 Å². The second kappa shape index (κ2) is 2.35. The predicted molar refractivity (Wildman–Crippen MR) is 53.9 cm³/mol. The molecule has 2 bridgehead atoms. The Hall–Kier alpha value is -0.300. The Morgan fingerprint density at radius 2 is 1.83 bits per heavy atom. The van der Waals surface area contributed by atoms with Gasteiger partial charge in [0.15, 0.2) is 0 Å². The maximum atomic E-state index is 3.77. The molecule has 1 heteroatoms. The smallest absolute Gasteiger partial charge is 0.0220 e. The molecule has 0 spiro atoms. The summed E-state index contributed by atoms with van der Waals surface area (Å²) in [5.74, 6) is 1.67. The third-order valence-electron chi connectivity index (χ3n) is 3.32. The molecule has 1 fully saturated rings. The maximum Gasteiger partial charge on any atom is 0.0220 e. The number of fused-ring (bicyclic) bond motifs is 5. The molecule has 0 aliphatic heterocycles. The highest BCUT2D eigenvalue weighted by Gasteiger charge is 2.41. The van der Waals surface area contributed by atoms with E-state index in [0.717, 1.165) is 16.7 Å². The van der Waals surface area contributed by atoms with Crippen molar-refractivity contribution in [2.24, 2.45) is 0 Å². The molecule has 1 aromatic rings. The van der Waals surface area contributed by atoms with E-state index in [1.54, 1.807) is 11.1 Å². The van der Waals surface area contributed by atoms with Crippen LogP contribution in [-0.2, 0) is 0 Å². The Balaban J connectivity index is 2.17. The molecule has 1 saturated carbocycles. The van der Waals surface area contributed by atoms with Gasteiger partial charge in [-0.1, -0.05) is 40.2 Å². The van der Waals surface area contributed by atoms with Crippen LogP contribution in [0.15, 0.2) is 24.3 Å². The normalized spacial score (nSPS) is 36.9. The highest BCUT2D eigenvalue weighted by molar-refractivity contribution is 9.09. The van der Waals surface area contributed by atoms with Gasteiger partial charge in [-0.3, -0.25) is 0 Å². The van der Waals surface area contributed by atoms with E-state index < -0.39 is 0 Å². The van der Waals surface area contributed by atoms with Crippen LogP contribution in [0.1, 0.15) is 35.8 Å². The molecular weight excluding hydrogens is 212 g/mol. The molecule has 62 valence electrons. The summed E-state index contributed by atoms with van der Waals surface area (Å²) in [6, 6.07) is 8.94. The van der Waals surface area contributed by atoms with Crippen molar-refractivity contribution in [3.63, 3.8) is 0 Å². The Bertz CT molecular complexity index is 319. The largest absolute Gasteiger partial charge is 0.0884 e. The molecule has 0 aromatic heterocycles. The number of halogens is 1. The summed E-state index contributed by atoms with van der Waals surface area (Å²) in [6.45, 7) is 0. The molecule has 12 heavy (non-hydrogen) atoms. The number of benzene rings is 1. The van der Waals surface area contributed by atoms with Gasteiger partial charge in [0.25, 0.3) is 0 Å². The van der Waals surface area contributed by atoms with Gasteiger partial charge in [-0.15, -0.1) is 0 Å². The summed E-state index contributed by atoms with van der Waals surface area (Å²) in [5, 5.41) is 0. The molecule has 2 aliphatic carbocycles. The van der Waals surface area contributed by atoms with Crippen LogP contribution in [0.4, 0.5) is 0 Å². The first-order valence-corrected chi connectivity index (χ1v) is 5.50. The van der Waals surface area contributed by atoms with E-state index in [1.807, 2.05) is 0 Å². The van der Waals surface area contributed by atoms with Gasteiger partial charge in [0.1, 0.15) is 0 Å². The van der Waals surface area contributed by atoms with Crippen molar-refractivity contribution < 1.29 is 0 Å². The fraction of sp³-hybridized carbons (Fsp3) is 0.455. The van der Waals surface area contributed by atoms with Crippen LogP contribution < -0.4 is 0 Å². The van der Waals surface area contributed by atoms with Crippen molar-refractivity contribution in [1.29, 1.82) is 0 Å². The number of hydrogen-bond donors (Lipinski definition) is 0. The fourth-order valence-electron chi connectivity index (χ4n) is 2.78. The van der Waals surface area contributed by atoms with Crippen LogP contribution in [0.25, 0.3) is 0 Å². The van der Waals surface area contributed by atoms with E-state index >= 15 is 0 Å².